The Balaban J connectivity index is 2.06. The molecule has 0 spiro atoms. The number of rotatable bonds is 0. The second kappa shape index (κ2) is 2.66. The van der Waals surface area contributed by atoms with E-state index in [0.717, 1.165) is 12.0 Å². The van der Waals surface area contributed by atoms with Gasteiger partial charge >= 0.3 is 0 Å². The van der Waals surface area contributed by atoms with Crippen molar-refractivity contribution in [2.45, 2.75) is 16.9 Å². The van der Waals surface area contributed by atoms with Crippen LogP contribution in [-0.2, 0) is 6.42 Å². The van der Waals surface area contributed by atoms with Gasteiger partial charge in [0, 0.05) is 11.8 Å². The van der Waals surface area contributed by atoms with Crippen LogP contribution in [0.25, 0.3) is 0 Å². The van der Waals surface area contributed by atoms with Gasteiger partial charge in [-0.25, -0.2) is 0 Å². The van der Waals surface area contributed by atoms with Crippen molar-refractivity contribution < 1.29 is 5.11 Å². The van der Waals surface area contributed by atoms with Gasteiger partial charge in [0.15, 0.2) is 0 Å². The van der Waals surface area contributed by atoms with Crippen LogP contribution in [0.5, 0.6) is 0 Å². The number of aliphatic hydroxyl groups is 1. The van der Waals surface area contributed by atoms with Crippen LogP contribution in [-0.4, -0.2) is 9.44 Å². The summed E-state index contributed by atoms with van der Waals surface area (Å²) < 4.78 is -0.710. The van der Waals surface area contributed by atoms with Crippen LogP contribution in [0.3, 0.4) is 0 Å². The molecule has 3 rings (SSSR count). The number of fused-ring (bicyclic) bond motifs is 2. The Morgan fingerprint density at radius 2 is 2.00 bits per heavy atom. The zero-order valence-corrected chi connectivity index (χ0v) is 8.96. The van der Waals surface area contributed by atoms with E-state index in [1.807, 2.05) is 24.3 Å². The van der Waals surface area contributed by atoms with E-state index in [1.165, 1.54) is 5.56 Å². The van der Waals surface area contributed by atoms with Crippen molar-refractivity contribution in [1.82, 2.24) is 0 Å². The van der Waals surface area contributed by atoms with Gasteiger partial charge in [-0.05, 0) is 17.5 Å². The van der Waals surface area contributed by atoms with Gasteiger partial charge in [-0.15, -0.1) is 23.2 Å². The number of benzene rings is 1. The molecule has 1 N–H and O–H groups in total. The average molecular weight is 229 g/mol. The molecule has 2 aliphatic carbocycles. The van der Waals surface area contributed by atoms with Crippen molar-refractivity contribution >= 4 is 23.2 Å². The van der Waals surface area contributed by atoms with E-state index in [1.54, 1.807) is 0 Å². The van der Waals surface area contributed by atoms with Gasteiger partial charge < -0.3 is 5.11 Å². The molecular formula is C11H10Cl2O. The van der Waals surface area contributed by atoms with Gasteiger partial charge in [0.2, 0.25) is 0 Å². The molecule has 0 radical (unpaired) electrons. The van der Waals surface area contributed by atoms with Gasteiger partial charge in [0.1, 0.15) is 4.33 Å². The van der Waals surface area contributed by atoms with E-state index in [4.69, 9.17) is 23.2 Å². The number of hydrogen-bond donors (Lipinski definition) is 1. The van der Waals surface area contributed by atoms with Gasteiger partial charge in [-0.3, -0.25) is 0 Å². The Hall–Kier alpha value is -0.240. The Labute approximate surface area is 92.6 Å². The maximum atomic E-state index is 10.0. The van der Waals surface area contributed by atoms with E-state index in [9.17, 15) is 5.11 Å². The fraction of sp³-hybridized carbons (Fsp3) is 0.455. The lowest BCUT2D eigenvalue weighted by Crippen LogP contribution is -2.11. The van der Waals surface area contributed by atoms with E-state index in [0.29, 0.717) is 0 Å². The van der Waals surface area contributed by atoms with E-state index >= 15 is 0 Å². The van der Waals surface area contributed by atoms with Gasteiger partial charge in [0.25, 0.3) is 0 Å². The quantitative estimate of drug-likeness (QED) is 0.678. The molecule has 74 valence electrons. The lowest BCUT2D eigenvalue weighted by atomic mass is 9.90. The van der Waals surface area contributed by atoms with Gasteiger partial charge in [-0.2, -0.15) is 0 Å². The summed E-state index contributed by atoms with van der Waals surface area (Å²) in [6.45, 7) is 0. The normalized spacial score (nSPS) is 37.2. The van der Waals surface area contributed by atoms with Crippen LogP contribution in [0.1, 0.15) is 17.2 Å². The second-order valence-corrected chi connectivity index (χ2v) is 5.60. The fourth-order valence-corrected chi connectivity index (χ4v) is 3.39. The molecule has 0 bridgehead atoms. The minimum atomic E-state index is -0.710. The fourth-order valence-electron chi connectivity index (χ4n) is 2.55. The first-order valence-electron chi connectivity index (χ1n) is 4.76. The topological polar surface area (TPSA) is 20.2 Å². The number of alkyl halides is 2. The SMILES string of the molecule is O[C@@H]1c2ccccc2C[C@H]2[C@@H]1C2(Cl)Cl. The summed E-state index contributed by atoms with van der Waals surface area (Å²) in [5.41, 5.74) is 2.18. The molecule has 3 atom stereocenters. The second-order valence-electron chi connectivity index (χ2n) is 4.15. The first-order valence-corrected chi connectivity index (χ1v) is 5.51. The highest BCUT2D eigenvalue weighted by atomic mass is 35.5. The van der Waals surface area contributed by atoms with E-state index in [2.05, 4.69) is 0 Å². The lowest BCUT2D eigenvalue weighted by Gasteiger charge is -2.19. The Morgan fingerprint density at radius 3 is 2.79 bits per heavy atom. The summed E-state index contributed by atoms with van der Waals surface area (Å²) in [5.74, 6) is 0.261. The van der Waals surface area contributed by atoms with Crippen molar-refractivity contribution in [2.75, 3.05) is 0 Å². The molecule has 0 aliphatic heterocycles. The maximum absolute atomic E-state index is 10.0. The molecule has 1 aromatic rings. The molecule has 1 fully saturated rings. The number of hydrogen-bond acceptors (Lipinski definition) is 1. The highest BCUT2D eigenvalue weighted by Crippen LogP contribution is 2.67. The van der Waals surface area contributed by atoms with Crippen LogP contribution in [0.4, 0.5) is 0 Å². The van der Waals surface area contributed by atoms with Gasteiger partial charge in [0.05, 0.1) is 6.10 Å². The molecule has 0 unspecified atom stereocenters. The average Bonchev–Trinajstić information content (AvgIpc) is 2.70. The minimum absolute atomic E-state index is 0.0285. The molecule has 1 nitrogen and oxygen atoms in total. The smallest absolute Gasteiger partial charge is 0.127 e. The zero-order chi connectivity index (χ0) is 9.92. The molecule has 0 heterocycles. The highest BCUT2D eigenvalue weighted by molar-refractivity contribution is 6.51. The number of halogens is 2. The molecule has 2 aliphatic rings. The predicted octanol–water partition coefficient (Wildman–Crippen LogP) is 2.70. The van der Waals surface area contributed by atoms with Gasteiger partial charge in [-0.1, -0.05) is 24.3 Å². The van der Waals surface area contributed by atoms with Crippen LogP contribution >= 0.6 is 23.2 Å². The zero-order valence-electron chi connectivity index (χ0n) is 7.45. The molecule has 0 aromatic heterocycles. The van der Waals surface area contributed by atoms with E-state index in [-0.39, 0.29) is 11.8 Å². The minimum Gasteiger partial charge on any atom is -0.388 e. The first kappa shape index (κ1) is 9.02. The van der Waals surface area contributed by atoms with Crippen molar-refractivity contribution in [2.24, 2.45) is 11.8 Å². The number of aliphatic hydroxyl groups excluding tert-OH is 1. The Kier molecular flexibility index (Phi) is 1.71. The standard InChI is InChI=1S/C11H10Cl2O/c12-11(13)8-5-6-3-1-2-4-7(6)10(14)9(8)11/h1-4,8-10,14H,5H2/t8-,9-,10+/m0/s1. The molecular weight excluding hydrogens is 219 g/mol. The largest absolute Gasteiger partial charge is 0.388 e. The third kappa shape index (κ3) is 1.01. The lowest BCUT2D eigenvalue weighted by molar-refractivity contribution is 0.139. The van der Waals surface area contributed by atoms with Crippen molar-refractivity contribution in [3.63, 3.8) is 0 Å². The summed E-state index contributed by atoms with van der Waals surface area (Å²) in [6.07, 6.45) is 0.408. The van der Waals surface area contributed by atoms with Crippen molar-refractivity contribution in [1.29, 1.82) is 0 Å². The molecule has 1 saturated carbocycles. The third-order valence-electron chi connectivity index (χ3n) is 3.42. The Morgan fingerprint density at radius 1 is 1.29 bits per heavy atom. The molecule has 14 heavy (non-hydrogen) atoms. The molecule has 3 heteroatoms. The summed E-state index contributed by atoms with van der Waals surface area (Å²) in [6, 6.07) is 7.92. The summed E-state index contributed by atoms with van der Waals surface area (Å²) in [7, 11) is 0. The van der Waals surface area contributed by atoms with E-state index < -0.39 is 10.4 Å². The highest BCUT2D eigenvalue weighted by Gasteiger charge is 2.67. The summed E-state index contributed by atoms with van der Waals surface area (Å²) >= 11 is 12.2. The molecule has 0 amide bonds. The maximum Gasteiger partial charge on any atom is 0.127 e. The summed E-state index contributed by atoms with van der Waals surface area (Å²) in [5, 5.41) is 10.0. The predicted molar refractivity (Wildman–Crippen MR) is 56.5 cm³/mol. The Bertz CT molecular complexity index is 389. The van der Waals surface area contributed by atoms with Crippen LogP contribution in [0.15, 0.2) is 24.3 Å². The summed E-state index contributed by atoms with van der Waals surface area (Å²) in [4.78, 5) is 0. The molecule has 0 saturated heterocycles. The first-order chi connectivity index (χ1) is 6.62. The van der Waals surface area contributed by atoms with Crippen molar-refractivity contribution in [3.05, 3.63) is 35.4 Å². The molecule has 1 aromatic carbocycles. The van der Waals surface area contributed by atoms with Crippen LogP contribution < -0.4 is 0 Å². The van der Waals surface area contributed by atoms with Crippen molar-refractivity contribution in [3.8, 4) is 0 Å². The van der Waals surface area contributed by atoms with Crippen LogP contribution in [0.2, 0.25) is 0 Å². The van der Waals surface area contributed by atoms with Crippen LogP contribution in [0, 0.1) is 11.8 Å². The third-order valence-corrected chi connectivity index (χ3v) is 4.48. The monoisotopic (exact) mass is 228 g/mol.